The maximum absolute atomic E-state index is 11.2. The first-order valence-electron chi connectivity index (χ1n) is 8.74. The number of benzene rings is 2. The highest BCUT2D eigenvalue weighted by atomic mass is 32.2. The van der Waals surface area contributed by atoms with E-state index in [4.69, 9.17) is 4.98 Å². The molecule has 0 fully saturated rings. The molecular formula is C21H18N4OS2. The minimum atomic E-state index is -0.122. The number of thiazole rings is 1. The molecule has 4 aromatic rings. The summed E-state index contributed by atoms with van der Waals surface area (Å²) in [5, 5.41) is 4.06. The van der Waals surface area contributed by atoms with Crippen molar-refractivity contribution >= 4 is 44.4 Å². The molecule has 0 unspecified atom stereocenters. The van der Waals surface area contributed by atoms with E-state index in [1.807, 2.05) is 24.3 Å². The average Bonchev–Trinajstić information content (AvgIpc) is 3.01. The van der Waals surface area contributed by atoms with E-state index in [0.717, 1.165) is 26.4 Å². The second-order valence-corrected chi connectivity index (χ2v) is 8.60. The molecule has 0 spiro atoms. The highest BCUT2D eigenvalue weighted by Crippen LogP contribution is 2.31. The van der Waals surface area contributed by atoms with E-state index < -0.39 is 0 Å². The normalized spacial score (nSPS) is 11.0. The van der Waals surface area contributed by atoms with Gasteiger partial charge in [0, 0.05) is 23.6 Å². The van der Waals surface area contributed by atoms with Crippen molar-refractivity contribution in [1.82, 2.24) is 15.0 Å². The van der Waals surface area contributed by atoms with Gasteiger partial charge in [-0.25, -0.2) is 15.0 Å². The molecule has 0 saturated heterocycles. The lowest BCUT2D eigenvalue weighted by molar-refractivity contribution is -0.114. The Morgan fingerprint density at radius 1 is 1.04 bits per heavy atom. The number of nitrogens with one attached hydrogen (secondary N) is 1. The summed E-state index contributed by atoms with van der Waals surface area (Å²) in [7, 11) is 0. The molecule has 0 atom stereocenters. The van der Waals surface area contributed by atoms with E-state index in [9.17, 15) is 4.79 Å². The fraction of sp³-hybridized carbons (Fsp3) is 0.143. The number of aryl methyl sites for hydroxylation is 2. The Balaban J connectivity index is 1.64. The second kappa shape index (κ2) is 7.69. The van der Waals surface area contributed by atoms with Crippen LogP contribution in [-0.2, 0) is 4.79 Å². The van der Waals surface area contributed by atoms with E-state index in [-0.39, 0.29) is 5.91 Å². The van der Waals surface area contributed by atoms with Crippen molar-refractivity contribution in [3.8, 4) is 11.3 Å². The summed E-state index contributed by atoms with van der Waals surface area (Å²) in [5.41, 5.74) is 5.17. The number of anilines is 1. The van der Waals surface area contributed by atoms with Crippen LogP contribution in [-0.4, -0.2) is 20.9 Å². The first kappa shape index (κ1) is 18.6. The lowest BCUT2D eigenvalue weighted by Crippen LogP contribution is -2.04. The third kappa shape index (κ3) is 4.21. The Hall–Kier alpha value is -2.77. The molecule has 0 aliphatic carbocycles. The van der Waals surface area contributed by atoms with Crippen LogP contribution in [0.3, 0.4) is 0 Å². The molecule has 0 saturated carbocycles. The number of nitrogens with zero attached hydrogens (tertiary/aromatic N) is 3. The van der Waals surface area contributed by atoms with Gasteiger partial charge < -0.3 is 5.32 Å². The number of amides is 1. The number of hydrogen-bond donors (Lipinski definition) is 1. The van der Waals surface area contributed by atoms with Crippen molar-refractivity contribution in [3.05, 3.63) is 59.8 Å². The highest BCUT2D eigenvalue weighted by molar-refractivity contribution is 7.99. The smallest absolute Gasteiger partial charge is 0.223 e. The summed E-state index contributed by atoms with van der Waals surface area (Å²) in [6.45, 7) is 5.66. The summed E-state index contributed by atoms with van der Waals surface area (Å²) in [4.78, 5) is 25.9. The summed E-state index contributed by atoms with van der Waals surface area (Å²) in [6, 6.07) is 14.3. The Labute approximate surface area is 171 Å². The minimum Gasteiger partial charge on any atom is -0.302 e. The molecule has 2 aromatic carbocycles. The van der Waals surface area contributed by atoms with E-state index >= 15 is 0 Å². The summed E-state index contributed by atoms with van der Waals surface area (Å²) < 4.78 is 1.00. The van der Waals surface area contributed by atoms with Gasteiger partial charge in [-0.05, 0) is 67.1 Å². The van der Waals surface area contributed by atoms with Crippen molar-refractivity contribution in [2.24, 2.45) is 0 Å². The molecule has 7 heteroatoms. The Bertz CT molecular complexity index is 1170. The molecule has 0 bridgehead atoms. The SMILES string of the molecule is CC(=O)Nc1nc2ccc(-c3ccnc(Sc4cc(C)cc(C)c4)n3)cc2s1. The van der Waals surface area contributed by atoms with E-state index in [1.165, 1.54) is 29.4 Å². The summed E-state index contributed by atoms with van der Waals surface area (Å²) in [5.74, 6) is -0.122. The van der Waals surface area contributed by atoms with E-state index in [2.05, 4.69) is 47.3 Å². The molecule has 4 rings (SSSR count). The number of fused-ring (bicyclic) bond motifs is 1. The van der Waals surface area contributed by atoms with Crippen LogP contribution >= 0.6 is 23.1 Å². The lowest BCUT2D eigenvalue weighted by Gasteiger charge is -2.06. The molecule has 5 nitrogen and oxygen atoms in total. The van der Waals surface area contributed by atoms with Gasteiger partial charge in [0.1, 0.15) is 0 Å². The molecule has 0 radical (unpaired) electrons. The van der Waals surface area contributed by atoms with Crippen molar-refractivity contribution in [3.63, 3.8) is 0 Å². The number of carbonyl (C=O) groups excluding carboxylic acids is 1. The van der Waals surface area contributed by atoms with Crippen LogP contribution < -0.4 is 5.32 Å². The molecular weight excluding hydrogens is 388 g/mol. The maximum Gasteiger partial charge on any atom is 0.223 e. The van der Waals surface area contributed by atoms with Crippen molar-refractivity contribution in [2.45, 2.75) is 30.8 Å². The van der Waals surface area contributed by atoms with Gasteiger partial charge in [-0.3, -0.25) is 4.79 Å². The van der Waals surface area contributed by atoms with Crippen molar-refractivity contribution in [1.29, 1.82) is 0 Å². The predicted molar refractivity (Wildman–Crippen MR) is 115 cm³/mol. The van der Waals surface area contributed by atoms with Gasteiger partial charge in [0.05, 0.1) is 15.9 Å². The highest BCUT2D eigenvalue weighted by Gasteiger charge is 2.09. The van der Waals surface area contributed by atoms with Crippen LogP contribution in [0.25, 0.3) is 21.5 Å². The zero-order chi connectivity index (χ0) is 19.7. The van der Waals surface area contributed by atoms with Gasteiger partial charge in [-0.2, -0.15) is 0 Å². The summed E-state index contributed by atoms with van der Waals surface area (Å²) >= 11 is 3.01. The largest absolute Gasteiger partial charge is 0.302 e. The predicted octanol–water partition coefficient (Wildman–Crippen LogP) is 5.48. The zero-order valence-electron chi connectivity index (χ0n) is 15.7. The maximum atomic E-state index is 11.2. The minimum absolute atomic E-state index is 0.122. The van der Waals surface area contributed by atoms with Crippen LogP contribution in [0.15, 0.2) is 58.7 Å². The number of rotatable bonds is 4. The zero-order valence-corrected chi connectivity index (χ0v) is 17.3. The molecule has 1 N–H and O–H groups in total. The number of carbonyl (C=O) groups is 1. The Kier molecular flexibility index (Phi) is 5.11. The molecule has 2 heterocycles. The van der Waals surface area contributed by atoms with Gasteiger partial charge in [0.25, 0.3) is 0 Å². The summed E-state index contributed by atoms with van der Waals surface area (Å²) in [6.07, 6.45) is 1.78. The third-order valence-electron chi connectivity index (χ3n) is 4.00. The molecule has 140 valence electrons. The van der Waals surface area contributed by atoms with Gasteiger partial charge >= 0.3 is 0 Å². The van der Waals surface area contributed by atoms with Gasteiger partial charge in [0.15, 0.2) is 10.3 Å². The quantitative estimate of drug-likeness (QED) is 0.455. The van der Waals surface area contributed by atoms with Crippen LogP contribution in [0, 0.1) is 13.8 Å². The Morgan fingerprint density at radius 2 is 1.82 bits per heavy atom. The fourth-order valence-corrected chi connectivity index (χ4v) is 4.85. The first-order valence-corrected chi connectivity index (χ1v) is 10.4. The van der Waals surface area contributed by atoms with Crippen LogP contribution in [0.2, 0.25) is 0 Å². The van der Waals surface area contributed by atoms with Crippen LogP contribution in [0.1, 0.15) is 18.1 Å². The molecule has 28 heavy (non-hydrogen) atoms. The van der Waals surface area contributed by atoms with Crippen LogP contribution in [0.4, 0.5) is 5.13 Å². The van der Waals surface area contributed by atoms with Crippen molar-refractivity contribution in [2.75, 3.05) is 5.32 Å². The van der Waals surface area contributed by atoms with Gasteiger partial charge in [-0.1, -0.05) is 23.5 Å². The Morgan fingerprint density at radius 3 is 2.57 bits per heavy atom. The number of aromatic nitrogens is 3. The monoisotopic (exact) mass is 406 g/mol. The van der Waals surface area contributed by atoms with E-state index in [0.29, 0.717) is 10.3 Å². The average molecular weight is 407 g/mol. The molecule has 2 aromatic heterocycles. The molecule has 1 amide bonds. The standard InChI is InChI=1S/C21H18N4OS2/c1-12-8-13(2)10-16(9-12)27-20-22-7-6-17(24-20)15-4-5-18-19(11-15)28-21(25-18)23-14(3)26/h4-11H,1-3H3,(H,23,25,26). The van der Waals surface area contributed by atoms with Crippen LogP contribution in [0.5, 0.6) is 0 Å². The lowest BCUT2D eigenvalue weighted by atomic mass is 10.1. The molecule has 0 aliphatic heterocycles. The topological polar surface area (TPSA) is 67.8 Å². The third-order valence-corrected chi connectivity index (χ3v) is 5.79. The first-order chi connectivity index (χ1) is 13.5. The number of hydrogen-bond acceptors (Lipinski definition) is 6. The van der Waals surface area contributed by atoms with Gasteiger partial charge in [0.2, 0.25) is 5.91 Å². The van der Waals surface area contributed by atoms with Gasteiger partial charge in [-0.15, -0.1) is 0 Å². The molecule has 0 aliphatic rings. The van der Waals surface area contributed by atoms with Crippen molar-refractivity contribution < 1.29 is 4.79 Å². The fourth-order valence-electron chi connectivity index (χ4n) is 2.94. The second-order valence-electron chi connectivity index (χ2n) is 6.53. The van der Waals surface area contributed by atoms with E-state index in [1.54, 1.807) is 18.0 Å².